The molecule has 0 bridgehead atoms. The molecule has 3 rings (SSSR count). The average Bonchev–Trinajstić information content (AvgIpc) is 2.94. The molecule has 2 heterocycles. The fraction of sp³-hybridized carbons (Fsp3) is 0.500. The lowest BCUT2D eigenvalue weighted by molar-refractivity contribution is 0.315. The second-order valence-electron chi connectivity index (χ2n) is 5.52. The zero-order valence-corrected chi connectivity index (χ0v) is 13.6. The average molecular weight is 307 g/mol. The Labute approximate surface area is 129 Å². The lowest BCUT2D eigenvalue weighted by atomic mass is 10.1. The first-order valence-electron chi connectivity index (χ1n) is 7.32. The molecule has 0 aromatic carbocycles. The number of likely N-dealkylation sites (N-methyl/N-ethyl adjacent to an activating group) is 1. The highest BCUT2D eigenvalue weighted by molar-refractivity contribution is 7.10. The van der Waals surface area contributed by atoms with Crippen LogP contribution in [0, 0.1) is 0 Å². The van der Waals surface area contributed by atoms with E-state index in [9.17, 15) is 0 Å². The van der Waals surface area contributed by atoms with E-state index < -0.39 is 0 Å². The number of hydrogen-bond donors (Lipinski definition) is 1. The van der Waals surface area contributed by atoms with Gasteiger partial charge in [-0.05, 0) is 42.8 Å². The van der Waals surface area contributed by atoms with E-state index in [1.807, 2.05) is 22.7 Å². The van der Waals surface area contributed by atoms with Crippen molar-refractivity contribution in [2.24, 2.45) is 0 Å². The summed E-state index contributed by atoms with van der Waals surface area (Å²) in [4.78, 5) is 5.41. The summed E-state index contributed by atoms with van der Waals surface area (Å²) in [6.45, 7) is 2.22. The fourth-order valence-electron chi connectivity index (χ4n) is 2.51. The number of nitrogens with one attached hydrogen (secondary N) is 1. The molecule has 0 spiro atoms. The monoisotopic (exact) mass is 306 g/mol. The molecule has 0 aliphatic heterocycles. The summed E-state index contributed by atoms with van der Waals surface area (Å²) < 4.78 is 0. The molecule has 1 fully saturated rings. The van der Waals surface area contributed by atoms with E-state index in [1.54, 1.807) is 0 Å². The molecular formula is C16H22N2S2. The quantitative estimate of drug-likeness (QED) is 0.798. The minimum Gasteiger partial charge on any atom is -0.308 e. The maximum atomic E-state index is 3.75. The molecule has 20 heavy (non-hydrogen) atoms. The molecule has 1 aliphatic carbocycles. The van der Waals surface area contributed by atoms with Gasteiger partial charge < -0.3 is 10.2 Å². The van der Waals surface area contributed by atoms with Crippen LogP contribution in [0.15, 0.2) is 35.0 Å². The van der Waals surface area contributed by atoms with Crippen LogP contribution < -0.4 is 5.32 Å². The maximum absolute atomic E-state index is 3.75. The molecule has 1 N–H and O–H groups in total. The van der Waals surface area contributed by atoms with E-state index in [1.165, 1.54) is 22.6 Å². The van der Waals surface area contributed by atoms with Gasteiger partial charge in [-0.2, -0.15) is 0 Å². The van der Waals surface area contributed by atoms with Crippen molar-refractivity contribution >= 4 is 22.7 Å². The minimum atomic E-state index is 0.459. The summed E-state index contributed by atoms with van der Waals surface area (Å²) in [5.74, 6) is 0. The molecule has 1 unspecified atom stereocenters. The predicted molar refractivity (Wildman–Crippen MR) is 88.7 cm³/mol. The lowest BCUT2D eigenvalue weighted by Crippen LogP contribution is -2.33. The Kier molecular flexibility index (Phi) is 4.89. The van der Waals surface area contributed by atoms with Crippen molar-refractivity contribution in [3.63, 3.8) is 0 Å². The van der Waals surface area contributed by atoms with Crippen LogP contribution in [0.3, 0.4) is 0 Å². The Morgan fingerprint density at radius 1 is 1.25 bits per heavy atom. The minimum absolute atomic E-state index is 0.459. The Hall–Kier alpha value is -0.680. The number of thiophene rings is 2. The van der Waals surface area contributed by atoms with Crippen LogP contribution in [0.1, 0.15) is 28.6 Å². The molecule has 0 saturated heterocycles. The largest absolute Gasteiger partial charge is 0.308 e. The smallest absolute Gasteiger partial charge is 0.0464 e. The first-order valence-corrected chi connectivity index (χ1v) is 9.08. The van der Waals surface area contributed by atoms with Crippen LogP contribution in [-0.4, -0.2) is 31.1 Å². The van der Waals surface area contributed by atoms with E-state index in [4.69, 9.17) is 0 Å². The van der Waals surface area contributed by atoms with Gasteiger partial charge in [-0.1, -0.05) is 12.1 Å². The Morgan fingerprint density at radius 2 is 2.05 bits per heavy atom. The third kappa shape index (κ3) is 3.92. The van der Waals surface area contributed by atoms with Gasteiger partial charge in [-0.3, -0.25) is 0 Å². The summed E-state index contributed by atoms with van der Waals surface area (Å²) in [5.41, 5.74) is 0. The fourth-order valence-corrected chi connectivity index (χ4v) is 4.06. The predicted octanol–water partition coefficient (Wildman–Crippen LogP) is 3.78. The van der Waals surface area contributed by atoms with Crippen molar-refractivity contribution < 1.29 is 0 Å². The topological polar surface area (TPSA) is 15.3 Å². The molecule has 0 amide bonds. The molecule has 1 aliphatic rings. The van der Waals surface area contributed by atoms with Crippen LogP contribution in [-0.2, 0) is 6.42 Å². The summed E-state index contributed by atoms with van der Waals surface area (Å²) >= 11 is 3.72. The van der Waals surface area contributed by atoms with E-state index in [0.29, 0.717) is 6.04 Å². The van der Waals surface area contributed by atoms with Gasteiger partial charge in [-0.25, -0.2) is 0 Å². The van der Waals surface area contributed by atoms with E-state index in [2.05, 4.69) is 52.3 Å². The first kappa shape index (κ1) is 14.3. The van der Waals surface area contributed by atoms with E-state index in [0.717, 1.165) is 25.6 Å². The van der Waals surface area contributed by atoms with Gasteiger partial charge in [0.05, 0.1) is 0 Å². The van der Waals surface area contributed by atoms with Crippen molar-refractivity contribution in [3.05, 3.63) is 44.8 Å². The summed E-state index contributed by atoms with van der Waals surface area (Å²) in [7, 11) is 2.25. The van der Waals surface area contributed by atoms with Gasteiger partial charge in [0, 0.05) is 41.3 Å². The summed E-state index contributed by atoms with van der Waals surface area (Å²) in [5, 5.41) is 8.09. The van der Waals surface area contributed by atoms with Gasteiger partial charge in [0.15, 0.2) is 0 Å². The highest BCUT2D eigenvalue weighted by Crippen LogP contribution is 2.26. The number of hydrogen-bond acceptors (Lipinski definition) is 4. The standard InChI is InChI=1S/C16H22N2S2/c1-18(13-6-7-13)9-8-17-15(16-5-3-11-20-16)12-14-4-2-10-19-14/h2-5,10-11,13,15,17H,6-9,12H2,1H3. The zero-order chi connectivity index (χ0) is 13.8. The van der Waals surface area contributed by atoms with Gasteiger partial charge >= 0.3 is 0 Å². The van der Waals surface area contributed by atoms with Gasteiger partial charge in [-0.15, -0.1) is 22.7 Å². The second-order valence-corrected chi connectivity index (χ2v) is 7.53. The zero-order valence-electron chi connectivity index (χ0n) is 11.9. The SMILES string of the molecule is CN(CCNC(Cc1cccs1)c1cccs1)C1CC1. The maximum Gasteiger partial charge on any atom is 0.0464 e. The van der Waals surface area contributed by atoms with Gasteiger partial charge in [0.1, 0.15) is 0 Å². The summed E-state index contributed by atoms with van der Waals surface area (Å²) in [6, 6.07) is 10.1. The van der Waals surface area contributed by atoms with Crippen molar-refractivity contribution in [2.75, 3.05) is 20.1 Å². The summed E-state index contributed by atoms with van der Waals surface area (Å²) in [6.07, 6.45) is 3.88. The van der Waals surface area contributed by atoms with Crippen molar-refractivity contribution in [1.29, 1.82) is 0 Å². The molecule has 108 valence electrons. The van der Waals surface area contributed by atoms with E-state index in [-0.39, 0.29) is 0 Å². The highest BCUT2D eigenvalue weighted by Gasteiger charge is 2.25. The normalized spacial score (nSPS) is 16.7. The van der Waals surface area contributed by atoms with E-state index >= 15 is 0 Å². The van der Waals surface area contributed by atoms with Crippen LogP contribution in [0.4, 0.5) is 0 Å². The molecule has 2 aromatic heterocycles. The molecule has 1 saturated carbocycles. The Morgan fingerprint density at radius 3 is 2.70 bits per heavy atom. The van der Waals surface area contributed by atoms with Crippen LogP contribution >= 0.6 is 22.7 Å². The van der Waals surface area contributed by atoms with Crippen molar-refractivity contribution in [3.8, 4) is 0 Å². The third-order valence-electron chi connectivity index (χ3n) is 3.90. The van der Waals surface area contributed by atoms with Gasteiger partial charge in [0.25, 0.3) is 0 Å². The number of nitrogens with zero attached hydrogens (tertiary/aromatic N) is 1. The van der Waals surface area contributed by atoms with Gasteiger partial charge in [0.2, 0.25) is 0 Å². The second kappa shape index (κ2) is 6.85. The van der Waals surface area contributed by atoms with Crippen molar-refractivity contribution in [2.45, 2.75) is 31.3 Å². The van der Waals surface area contributed by atoms with Crippen molar-refractivity contribution in [1.82, 2.24) is 10.2 Å². The molecule has 1 atom stereocenters. The third-order valence-corrected chi connectivity index (χ3v) is 5.78. The highest BCUT2D eigenvalue weighted by atomic mass is 32.1. The Bertz CT molecular complexity index is 489. The lowest BCUT2D eigenvalue weighted by Gasteiger charge is -2.20. The van der Waals surface area contributed by atoms with Crippen LogP contribution in [0.2, 0.25) is 0 Å². The molecular weight excluding hydrogens is 284 g/mol. The molecule has 2 aromatic rings. The van der Waals surface area contributed by atoms with Crippen LogP contribution in [0.5, 0.6) is 0 Å². The molecule has 2 nitrogen and oxygen atoms in total. The molecule has 0 radical (unpaired) electrons. The first-order chi connectivity index (χ1) is 9.83. The number of rotatable bonds is 8. The molecule has 4 heteroatoms. The van der Waals surface area contributed by atoms with Crippen LogP contribution in [0.25, 0.3) is 0 Å². The Balaban J connectivity index is 1.54.